The van der Waals surface area contributed by atoms with Crippen molar-refractivity contribution in [1.29, 1.82) is 0 Å². The molecule has 25 heavy (non-hydrogen) atoms. The molecule has 1 aliphatic carbocycles. The van der Waals surface area contributed by atoms with Gasteiger partial charge in [0.1, 0.15) is 0 Å². The van der Waals surface area contributed by atoms with Crippen molar-refractivity contribution in [3.63, 3.8) is 0 Å². The Morgan fingerprint density at radius 1 is 1.16 bits per heavy atom. The highest BCUT2D eigenvalue weighted by atomic mass is 79.9. The van der Waals surface area contributed by atoms with E-state index in [2.05, 4.69) is 26.0 Å². The highest BCUT2D eigenvalue weighted by molar-refractivity contribution is 9.10. The van der Waals surface area contributed by atoms with Crippen LogP contribution in [0.15, 0.2) is 32.5 Å². The number of sulfonamides is 1. The molecule has 2 N–H and O–H groups in total. The van der Waals surface area contributed by atoms with Crippen molar-refractivity contribution in [3.8, 4) is 0 Å². The molecule has 1 aliphatic rings. The number of carbonyl (C=O) groups is 1. The standard InChI is InChI=1S/C15H21BrN2O5S2/c1-24(20,21)12-7-8-13(16)14(9-12)25(22,23)17-10-15(19)18-11-5-3-2-4-6-11/h7-9,11,17H,2-6,10H2,1H3,(H,18,19). The molecule has 7 nitrogen and oxygen atoms in total. The average Bonchev–Trinajstić information content (AvgIpc) is 2.53. The van der Waals surface area contributed by atoms with E-state index in [0.717, 1.165) is 44.4 Å². The predicted molar refractivity (Wildman–Crippen MR) is 97.5 cm³/mol. The first kappa shape index (κ1) is 20.3. The summed E-state index contributed by atoms with van der Waals surface area (Å²) in [6.45, 7) is -0.394. The summed E-state index contributed by atoms with van der Waals surface area (Å²) in [6, 6.07) is 3.83. The molecule has 1 amide bonds. The smallest absolute Gasteiger partial charge is 0.242 e. The number of hydrogen-bond donors (Lipinski definition) is 2. The molecule has 10 heteroatoms. The topological polar surface area (TPSA) is 109 Å². The Bertz CT molecular complexity index is 847. The number of benzene rings is 1. The van der Waals surface area contributed by atoms with Crippen LogP contribution in [0.4, 0.5) is 0 Å². The molecule has 0 aromatic heterocycles. The molecule has 0 saturated heterocycles. The van der Waals surface area contributed by atoms with E-state index in [1.807, 2.05) is 0 Å². The van der Waals surface area contributed by atoms with Crippen molar-refractivity contribution in [1.82, 2.24) is 10.0 Å². The minimum atomic E-state index is -4.03. The highest BCUT2D eigenvalue weighted by Gasteiger charge is 2.22. The lowest BCUT2D eigenvalue weighted by molar-refractivity contribution is -0.120. The van der Waals surface area contributed by atoms with Crippen LogP contribution in [0.5, 0.6) is 0 Å². The number of rotatable bonds is 6. The molecule has 0 atom stereocenters. The van der Waals surface area contributed by atoms with Crippen LogP contribution in [0.3, 0.4) is 0 Å². The van der Waals surface area contributed by atoms with Gasteiger partial charge in [0.05, 0.1) is 16.3 Å². The van der Waals surface area contributed by atoms with E-state index in [-0.39, 0.29) is 20.3 Å². The van der Waals surface area contributed by atoms with E-state index in [4.69, 9.17) is 0 Å². The molecular formula is C15H21BrN2O5S2. The lowest BCUT2D eigenvalue weighted by atomic mass is 9.95. The molecule has 1 aromatic carbocycles. The van der Waals surface area contributed by atoms with Crippen molar-refractivity contribution in [2.75, 3.05) is 12.8 Å². The molecule has 1 saturated carbocycles. The SMILES string of the molecule is CS(=O)(=O)c1ccc(Br)c(S(=O)(=O)NCC(=O)NC2CCCCC2)c1. The van der Waals surface area contributed by atoms with Crippen LogP contribution in [0.1, 0.15) is 32.1 Å². The van der Waals surface area contributed by atoms with Crippen LogP contribution in [0.25, 0.3) is 0 Å². The molecule has 0 bridgehead atoms. The third-order valence-corrected chi connectivity index (χ3v) is 7.52. The van der Waals surface area contributed by atoms with Crippen LogP contribution in [-0.2, 0) is 24.7 Å². The maximum absolute atomic E-state index is 12.4. The molecule has 2 rings (SSSR count). The quantitative estimate of drug-likeness (QED) is 0.680. The van der Waals surface area contributed by atoms with Gasteiger partial charge in [-0.3, -0.25) is 4.79 Å². The first-order valence-electron chi connectivity index (χ1n) is 7.88. The van der Waals surface area contributed by atoms with Crippen molar-refractivity contribution in [3.05, 3.63) is 22.7 Å². The van der Waals surface area contributed by atoms with Crippen LogP contribution in [-0.4, -0.2) is 41.6 Å². The molecule has 1 fully saturated rings. The van der Waals surface area contributed by atoms with Crippen LogP contribution in [0.2, 0.25) is 0 Å². The maximum Gasteiger partial charge on any atom is 0.242 e. The number of sulfone groups is 1. The zero-order chi connectivity index (χ0) is 18.7. The molecule has 0 aliphatic heterocycles. The summed E-state index contributed by atoms with van der Waals surface area (Å²) < 4.78 is 50.5. The lowest BCUT2D eigenvalue weighted by Crippen LogP contribution is -2.42. The van der Waals surface area contributed by atoms with Gasteiger partial charge in [0.2, 0.25) is 15.9 Å². The Morgan fingerprint density at radius 2 is 1.80 bits per heavy atom. The van der Waals surface area contributed by atoms with Crippen molar-refractivity contribution >= 4 is 41.7 Å². The normalized spacial score (nSPS) is 16.6. The summed E-state index contributed by atoms with van der Waals surface area (Å²) >= 11 is 3.11. The molecule has 0 unspecified atom stereocenters. The van der Waals surface area contributed by atoms with Crippen LogP contribution < -0.4 is 10.0 Å². The summed E-state index contributed by atoms with van der Waals surface area (Å²) in [5.41, 5.74) is 0. The van der Waals surface area contributed by atoms with Gasteiger partial charge >= 0.3 is 0 Å². The van der Waals surface area contributed by atoms with Gasteiger partial charge < -0.3 is 5.32 Å². The Morgan fingerprint density at radius 3 is 2.40 bits per heavy atom. The van der Waals surface area contributed by atoms with Gasteiger partial charge in [0, 0.05) is 16.8 Å². The Kier molecular flexibility index (Phi) is 6.63. The molecule has 0 spiro atoms. The second-order valence-electron chi connectivity index (χ2n) is 6.09. The fraction of sp³-hybridized carbons (Fsp3) is 0.533. The van der Waals surface area contributed by atoms with E-state index >= 15 is 0 Å². The van der Waals surface area contributed by atoms with Gasteiger partial charge in [-0.1, -0.05) is 19.3 Å². The monoisotopic (exact) mass is 452 g/mol. The molecule has 0 radical (unpaired) electrons. The van der Waals surface area contributed by atoms with E-state index in [1.165, 1.54) is 12.1 Å². The largest absolute Gasteiger partial charge is 0.352 e. The molecule has 0 heterocycles. The summed E-state index contributed by atoms with van der Waals surface area (Å²) in [6.07, 6.45) is 6.08. The van der Waals surface area contributed by atoms with Crippen LogP contribution >= 0.6 is 15.9 Å². The van der Waals surface area contributed by atoms with Gasteiger partial charge in [-0.05, 0) is 47.0 Å². The van der Waals surface area contributed by atoms with Gasteiger partial charge in [-0.25, -0.2) is 21.6 Å². The number of amides is 1. The zero-order valence-electron chi connectivity index (χ0n) is 13.8. The predicted octanol–water partition coefficient (Wildman–Crippen LogP) is 1.58. The summed E-state index contributed by atoms with van der Waals surface area (Å²) in [7, 11) is -7.58. The third kappa shape index (κ3) is 5.77. The Labute approximate surface area is 156 Å². The fourth-order valence-corrected chi connectivity index (χ4v) is 5.38. The number of hydrogen-bond acceptors (Lipinski definition) is 5. The first-order valence-corrected chi connectivity index (χ1v) is 12.0. The summed E-state index contributed by atoms with van der Waals surface area (Å²) in [5, 5.41) is 2.82. The minimum absolute atomic E-state index is 0.0889. The van der Waals surface area contributed by atoms with Crippen molar-refractivity contribution in [2.45, 2.75) is 47.9 Å². The fourth-order valence-electron chi connectivity index (χ4n) is 2.68. The highest BCUT2D eigenvalue weighted by Crippen LogP contribution is 2.25. The van der Waals surface area contributed by atoms with Crippen molar-refractivity contribution in [2.24, 2.45) is 0 Å². The lowest BCUT2D eigenvalue weighted by Gasteiger charge is -2.22. The number of carbonyl (C=O) groups excluding carboxylic acids is 1. The van der Waals surface area contributed by atoms with Gasteiger partial charge in [-0.15, -0.1) is 0 Å². The number of halogens is 1. The summed E-state index contributed by atoms with van der Waals surface area (Å²) in [4.78, 5) is 11.6. The summed E-state index contributed by atoms with van der Waals surface area (Å²) in [5.74, 6) is -0.397. The zero-order valence-corrected chi connectivity index (χ0v) is 17.0. The Hall–Kier alpha value is -0.970. The number of nitrogens with one attached hydrogen (secondary N) is 2. The van der Waals surface area contributed by atoms with Gasteiger partial charge in [-0.2, -0.15) is 0 Å². The van der Waals surface area contributed by atoms with Gasteiger partial charge in [0.25, 0.3) is 0 Å². The maximum atomic E-state index is 12.4. The molecular weight excluding hydrogens is 432 g/mol. The van der Waals surface area contributed by atoms with Crippen LogP contribution in [0, 0.1) is 0 Å². The van der Waals surface area contributed by atoms with Gasteiger partial charge in [0.15, 0.2) is 9.84 Å². The minimum Gasteiger partial charge on any atom is -0.352 e. The second kappa shape index (κ2) is 8.15. The third-order valence-electron chi connectivity index (χ3n) is 4.01. The van der Waals surface area contributed by atoms with E-state index in [1.54, 1.807) is 0 Å². The Balaban J connectivity index is 2.07. The van der Waals surface area contributed by atoms with Crippen molar-refractivity contribution < 1.29 is 21.6 Å². The first-order chi connectivity index (χ1) is 11.6. The van der Waals surface area contributed by atoms with E-state index in [9.17, 15) is 21.6 Å². The van der Waals surface area contributed by atoms with E-state index in [0.29, 0.717) is 0 Å². The van der Waals surface area contributed by atoms with E-state index < -0.39 is 32.3 Å². The molecule has 140 valence electrons. The molecule has 1 aromatic rings. The second-order valence-corrected chi connectivity index (χ2v) is 10.7. The average molecular weight is 453 g/mol.